The number of hydrogen-bond donors (Lipinski definition) is 0. The smallest absolute Gasteiger partial charge is 0.0634 e. The first-order valence-corrected chi connectivity index (χ1v) is 6.37. The molecule has 0 aliphatic carbocycles. The zero-order valence-electron chi connectivity index (χ0n) is 10.1. The summed E-state index contributed by atoms with van der Waals surface area (Å²) < 4.78 is 5.56. The molecule has 3 heteroatoms. The van der Waals surface area contributed by atoms with Crippen molar-refractivity contribution in [2.24, 2.45) is 0 Å². The van der Waals surface area contributed by atoms with Gasteiger partial charge in [0.05, 0.1) is 13.2 Å². The Hall–Kier alpha value is -0.120. The van der Waals surface area contributed by atoms with Crippen LogP contribution < -0.4 is 0 Å². The molecule has 0 radical (unpaired) electrons. The molecule has 0 amide bonds. The Morgan fingerprint density at radius 2 is 2.20 bits per heavy atom. The van der Waals surface area contributed by atoms with Gasteiger partial charge in [0.2, 0.25) is 0 Å². The summed E-state index contributed by atoms with van der Waals surface area (Å²) in [5, 5.41) is 0. The molecule has 2 rings (SSSR count). The second-order valence-corrected chi connectivity index (χ2v) is 4.90. The van der Waals surface area contributed by atoms with Crippen molar-refractivity contribution in [3.8, 4) is 0 Å². The maximum Gasteiger partial charge on any atom is 0.0634 e. The van der Waals surface area contributed by atoms with Crippen LogP contribution in [0.3, 0.4) is 0 Å². The van der Waals surface area contributed by atoms with E-state index >= 15 is 0 Å². The second-order valence-electron chi connectivity index (χ2n) is 4.90. The quantitative estimate of drug-likeness (QED) is 0.699. The van der Waals surface area contributed by atoms with E-state index in [1.54, 1.807) is 0 Å². The summed E-state index contributed by atoms with van der Waals surface area (Å²) in [4.78, 5) is 5.23. The van der Waals surface area contributed by atoms with Gasteiger partial charge in [0.1, 0.15) is 0 Å². The predicted octanol–water partition coefficient (Wildman–Crippen LogP) is 1.19. The molecule has 0 aromatic heterocycles. The Labute approximate surface area is 93.4 Å². The standard InChI is InChI=1S/C12H24N2O/c1-3-4-11(2)14-6-5-13-7-8-15-10-12(13)9-14/h11-12H,3-10H2,1-2H3/t11-,12+/m1/s1. The van der Waals surface area contributed by atoms with Crippen molar-refractivity contribution in [2.45, 2.75) is 38.8 Å². The maximum atomic E-state index is 5.56. The van der Waals surface area contributed by atoms with Gasteiger partial charge in [-0.15, -0.1) is 0 Å². The monoisotopic (exact) mass is 212 g/mol. The number of ether oxygens (including phenoxy) is 1. The maximum absolute atomic E-state index is 5.56. The number of rotatable bonds is 3. The number of fused-ring (bicyclic) bond motifs is 1. The van der Waals surface area contributed by atoms with Gasteiger partial charge in [-0.2, -0.15) is 0 Å². The van der Waals surface area contributed by atoms with Crippen molar-refractivity contribution in [1.82, 2.24) is 9.80 Å². The molecule has 2 saturated heterocycles. The van der Waals surface area contributed by atoms with E-state index in [2.05, 4.69) is 23.6 Å². The third-order valence-electron chi connectivity index (χ3n) is 3.80. The van der Waals surface area contributed by atoms with Gasteiger partial charge in [-0.25, -0.2) is 0 Å². The van der Waals surface area contributed by atoms with E-state index in [1.165, 1.54) is 32.5 Å². The summed E-state index contributed by atoms with van der Waals surface area (Å²) in [6.45, 7) is 11.3. The molecule has 0 N–H and O–H groups in total. The van der Waals surface area contributed by atoms with Crippen molar-refractivity contribution in [3.63, 3.8) is 0 Å². The minimum atomic E-state index is 0.659. The molecule has 2 heterocycles. The number of morpholine rings is 1. The lowest BCUT2D eigenvalue weighted by Gasteiger charge is -2.45. The Kier molecular flexibility index (Phi) is 4.00. The topological polar surface area (TPSA) is 15.7 Å². The molecule has 0 bridgehead atoms. The first-order chi connectivity index (χ1) is 7.31. The SMILES string of the molecule is CCC[C@@H](C)N1CCN2CCOC[C@@H]2C1. The molecule has 2 fully saturated rings. The highest BCUT2D eigenvalue weighted by atomic mass is 16.5. The third-order valence-corrected chi connectivity index (χ3v) is 3.80. The molecule has 0 aromatic rings. The molecular formula is C12H24N2O. The van der Waals surface area contributed by atoms with Crippen LogP contribution in [0, 0.1) is 0 Å². The molecule has 2 aliphatic rings. The first-order valence-electron chi connectivity index (χ1n) is 6.37. The highest BCUT2D eigenvalue weighted by Gasteiger charge is 2.30. The molecule has 0 unspecified atom stereocenters. The largest absolute Gasteiger partial charge is 0.378 e. The van der Waals surface area contributed by atoms with Gasteiger partial charge < -0.3 is 4.74 Å². The minimum absolute atomic E-state index is 0.659. The van der Waals surface area contributed by atoms with Gasteiger partial charge in [-0.05, 0) is 13.3 Å². The third kappa shape index (κ3) is 2.71. The predicted molar refractivity (Wildman–Crippen MR) is 62.1 cm³/mol. The molecule has 0 aromatic carbocycles. The van der Waals surface area contributed by atoms with Crippen molar-refractivity contribution in [2.75, 3.05) is 39.4 Å². The van der Waals surface area contributed by atoms with Crippen LogP contribution in [-0.2, 0) is 4.74 Å². The highest BCUT2D eigenvalue weighted by Crippen LogP contribution is 2.17. The van der Waals surface area contributed by atoms with E-state index in [0.29, 0.717) is 6.04 Å². The van der Waals surface area contributed by atoms with Crippen LogP contribution in [0.1, 0.15) is 26.7 Å². The number of piperazine rings is 1. The molecule has 0 saturated carbocycles. The lowest BCUT2D eigenvalue weighted by Crippen LogP contribution is -2.59. The summed E-state index contributed by atoms with van der Waals surface area (Å²) in [7, 11) is 0. The van der Waals surface area contributed by atoms with E-state index in [9.17, 15) is 0 Å². The zero-order valence-corrected chi connectivity index (χ0v) is 10.1. The molecular weight excluding hydrogens is 188 g/mol. The zero-order chi connectivity index (χ0) is 10.7. The van der Waals surface area contributed by atoms with Crippen molar-refractivity contribution in [3.05, 3.63) is 0 Å². The fourth-order valence-corrected chi connectivity index (χ4v) is 2.77. The number of nitrogens with zero attached hydrogens (tertiary/aromatic N) is 2. The van der Waals surface area contributed by atoms with Crippen molar-refractivity contribution >= 4 is 0 Å². The minimum Gasteiger partial charge on any atom is -0.378 e. The summed E-state index contributed by atoms with van der Waals surface area (Å²) in [6, 6.07) is 1.41. The Morgan fingerprint density at radius 3 is 3.00 bits per heavy atom. The lowest BCUT2D eigenvalue weighted by molar-refractivity contribution is -0.0521. The number of hydrogen-bond acceptors (Lipinski definition) is 3. The molecule has 3 nitrogen and oxygen atoms in total. The highest BCUT2D eigenvalue weighted by molar-refractivity contribution is 4.86. The first kappa shape index (κ1) is 11.4. The van der Waals surface area contributed by atoms with Crippen LogP contribution in [0.4, 0.5) is 0 Å². The normalized spacial score (nSPS) is 31.2. The average molecular weight is 212 g/mol. The van der Waals surface area contributed by atoms with Crippen LogP contribution in [-0.4, -0.2) is 61.3 Å². The van der Waals surface area contributed by atoms with Gasteiger partial charge in [-0.3, -0.25) is 9.80 Å². The van der Waals surface area contributed by atoms with Crippen LogP contribution in [0.25, 0.3) is 0 Å². The van der Waals surface area contributed by atoms with Crippen molar-refractivity contribution in [1.29, 1.82) is 0 Å². The van der Waals surface area contributed by atoms with Gasteiger partial charge in [0.15, 0.2) is 0 Å². The van der Waals surface area contributed by atoms with E-state index in [-0.39, 0.29) is 0 Å². The summed E-state index contributed by atoms with van der Waals surface area (Å²) in [5.41, 5.74) is 0. The van der Waals surface area contributed by atoms with E-state index < -0.39 is 0 Å². The summed E-state index contributed by atoms with van der Waals surface area (Å²) >= 11 is 0. The van der Waals surface area contributed by atoms with Gasteiger partial charge >= 0.3 is 0 Å². The Morgan fingerprint density at radius 1 is 1.33 bits per heavy atom. The Bertz CT molecular complexity index is 198. The molecule has 0 spiro atoms. The molecule has 2 atom stereocenters. The summed E-state index contributed by atoms with van der Waals surface area (Å²) in [6.07, 6.45) is 2.62. The molecule has 88 valence electrons. The van der Waals surface area contributed by atoms with E-state index in [0.717, 1.165) is 25.8 Å². The van der Waals surface area contributed by atoms with Gasteiger partial charge in [-0.1, -0.05) is 13.3 Å². The lowest BCUT2D eigenvalue weighted by atomic mass is 10.1. The van der Waals surface area contributed by atoms with Crippen LogP contribution >= 0.6 is 0 Å². The summed E-state index contributed by atoms with van der Waals surface area (Å²) in [5.74, 6) is 0. The molecule has 2 aliphatic heterocycles. The van der Waals surface area contributed by atoms with Gasteiger partial charge in [0, 0.05) is 38.3 Å². The molecule has 15 heavy (non-hydrogen) atoms. The average Bonchev–Trinajstić information content (AvgIpc) is 2.29. The Balaban J connectivity index is 1.85. The van der Waals surface area contributed by atoms with E-state index in [4.69, 9.17) is 4.74 Å². The van der Waals surface area contributed by atoms with Gasteiger partial charge in [0.25, 0.3) is 0 Å². The fraction of sp³-hybridized carbons (Fsp3) is 1.00. The second kappa shape index (κ2) is 5.28. The van der Waals surface area contributed by atoms with Crippen LogP contribution in [0.2, 0.25) is 0 Å². The van der Waals surface area contributed by atoms with Crippen LogP contribution in [0.5, 0.6) is 0 Å². The van der Waals surface area contributed by atoms with E-state index in [1.807, 2.05) is 0 Å². The fourth-order valence-electron chi connectivity index (χ4n) is 2.77. The van der Waals surface area contributed by atoms with Crippen molar-refractivity contribution < 1.29 is 4.74 Å². The van der Waals surface area contributed by atoms with Crippen LogP contribution in [0.15, 0.2) is 0 Å².